The molecule has 2 aromatic rings. The minimum absolute atomic E-state index is 0.0870. The summed E-state index contributed by atoms with van der Waals surface area (Å²) in [5, 5.41) is 22.2. The second-order valence-corrected chi connectivity index (χ2v) is 6.36. The molecule has 0 bridgehead atoms. The van der Waals surface area contributed by atoms with Gasteiger partial charge in [0.15, 0.2) is 0 Å². The summed E-state index contributed by atoms with van der Waals surface area (Å²) in [6, 6.07) is 7.49. The molecule has 3 N–H and O–H groups in total. The fraction of sp³-hybridized carbons (Fsp3) is 0.118. The Morgan fingerprint density at radius 2 is 1.92 bits per heavy atom. The van der Waals surface area contributed by atoms with Crippen LogP contribution in [0.4, 0.5) is 11.4 Å². The topological polar surface area (TPSA) is 107 Å². The van der Waals surface area contributed by atoms with Crippen LogP contribution in [0.3, 0.4) is 0 Å². The molecule has 0 aromatic heterocycles. The molecular formula is C17H12Cl2N2O5. The van der Waals surface area contributed by atoms with Crippen LogP contribution >= 0.6 is 23.2 Å². The van der Waals surface area contributed by atoms with Gasteiger partial charge in [0.25, 0.3) is 5.91 Å². The average molecular weight is 395 g/mol. The van der Waals surface area contributed by atoms with Crippen molar-refractivity contribution < 1.29 is 24.6 Å². The van der Waals surface area contributed by atoms with Crippen molar-refractivity contribution in [2.75, 3.05) is 10.2 Å². The molecule has 2 amide bonds. The molecule has 0 aliphatic carbocycles. The predicted octanol–water partition coefficient (Wildman–Crippen LogP) is 3.14. The van der Waals surface area contributed by atoms with Crippen LogP contribution in [0.25, 0.3) is 0 Å². The third-order valence-electron chi connectivity index (χ3n) is 3.90. The maximum Gasteiger partial charge on any atom is 0.339 e. The SMILES string of the molecule is O=C(O)c1ccc(N2C(=O)CC(Nc3cccc(Cl)c3Cl)C2=O)cc1O. The van der Waals surface area contributed by atoms with Gasteiger partial charge in [0, 0.05) is 6.07 Å². The quantitative estimate of drug-likeness (QED) is 0.687. The van der Waals surface area contributed by atoms with Crippen molar-refractivity contribution >= 4 is 52.4 Å². The molecular weight excluding hydrogens is 383 g/mol. The third kappa shape index (κ3) is 3.18. The van der Waals surface area contributed by atoms with E-state index in [9.17, 15) is 19.5 Å². The monoisotopic (exact) mass is 394 g/mol. The van der Waals surface area contributed by atoms with Crippen LogP contribution in [0.15, 0.2) is 36.4 Å². The van der Waals surface area contributed by atoms with Crippen LogP contribution in [0.2, 0.25) is 10.0 Å². The Morgan fingerprint density at radius 3 is 2.58 bits per heavy atom. The molecule has 1 unspecified atom stereocenters. The molecule has 1 aliphatic rings. The second kappa shape index (κ2) is 6.86. The number of nitrogens with zero attached hydrogens (tertiary/aromatic N) is 1. The minimum Gasteiger partial charge on any atom is -0.507 e. The van der Waals surface area contributed by atoms with Crippen molar-refractivity contribution in [3.8, 4) is 5.75 Å². The number of nitrogens with one attached hydrogen (secondary N) is 1. The highest BCUT2D eigenvalue weighted by Gasteiger charge is 2.40. The molecule has 2 aromatic carbocycles. The summed E-state index contributed by atoms with van der Waals surface area (Å²) in [4.78, 5) is 36.7. The number of carboxylic acids is 1. The minimum atomic E-state index is -1.32. The third-order valence-corrected chi connectivity index (χ3v) is 4.72. The molecule has 1 aliphatic heterocycles. The molecule has 0 spiro atoms. The number of rotatable bonds is 4. The van der Waals surface area contributed by atoms with Gasteiger partial charge in [-0.3, -0.25) is 9.59 Å². The first kappa shape index (κ1) is 18.0. The number of halogens is 2. The number of phenols is 1. The summed E-state index contributed by atoms with van der Waals surface area (Å²) in [5.74, 6) is -2.89. The number of carbonyl (C=O) groups excluding carboxylic acids is 2. The number of benzene rings is 2. The number of carbonyl (C=O) groups is 3. The number of anilines is 2. The van der Waals surface area contributed by atoms with E-state index in [0.29, 0.717) is 10.7 Å². The lowest BCUT2D eigenvalue weighted by molar-refractivity contribution is -0.121. The number of aromatic hydroxyl groups is 1. The van der Waals surface area contributed by atoms with Gasteiger partial charge in [-0.25, -0.2) is 9.69 Å². The summed E-state index contributed by atoms with van der Waals surface area (Å²) >= 11 is 12.0. The highest BCUT2D eigenvalue weighted by Crippen LogP contribution is 2.33. The standard InChI is InChI=1S/C17H12Cl2N2O5/c18-10-2-1-3-11(15(10)19)20-12-7-14(23)21(16(12)24)8-4-5-9(17(25)26)13(22)6-8/h1-6,12,20,22H,7H2,(H,25,26). The van der Waals surface area contributed by atoms with Crippen molar-refractivity contribution in [2.45, 2.75) is 12.5 Å². The largest absolute Gasteiger partial charge is 0.507 e. The number of aromatic carboxylic acids is 1. The fourth-order valence-electron chi connectivity index (χ4n) is 2.66. The molecule has 9 heteroatoms. The lowest BCUT2D eigenvalue weighted by Gasteiger charge is -2.17. The van der Waals surface area contributed by atoms with Crippen molar-refractivity contribution in [2.24, 2.45) is 0 Å². The second-order valence-electron chi connectivity index (χ2n) is 5.58. The van der Waals surface area contributed by atoms with Crippen molar-refractivity contribution in [1.82, 2.24) is 0 Å². The van der Waals surface area contributed by atoms with E-state index in [1.54, 1.807) is 18.2 Å². The lowest BCUT2D eigenvalue weighted by atomic mass is 10.1. The average Bonchev–Trinajstić information content (AvgIpc) is 2.85. The molecule has 1 saturated heterocycles. The number of imide groups is 1. The van der Waals surface area contributed by atoms with E-state index >= 15 is 0 Å². The van der Waals surface area contributed by atoms with Crippen LogP contribution in [-0.2, 0) is 9.59 Å². The zero-order chi connectivity index (χ0) is 19.0. The Kier molecular flexibility index (Phi) is 4.76. The Bertz CT molecular complexity index is 931. The zero-order valence-electron chi connectivity index (χ0n) is 13.1. The Morgan fingerprint density at radius 1 is 1.19 bits per heavy atom. The van der Waals surface area contributed by atoms with E-state index in [-0.39, 0.29) is 22.7 Å². The van der Waals surface area contributed by atoms with E-state index in [0.717, 1.165) is 17.0 Å². The molecule has 1 atom stereocenters. The number of hydrogen-bond donors (Lipinski definition) is 3. The van der Waals surface area contributed by atoms with Gasteiger partial charge in [0.05, 0.1) is 27.8 Å². The zero-order valence-corrected chi connectivity index (χ0v) is 14.6. The van der Waals surface area contributed by atoms with Crippen molar-refractivity contribution in [1.29, 1.82) is 0 Å². The smallest absolute Gasteiger partial charge is 0.339 e. The number of carboxylic acid groups (broad SMARTS) is 1. The molecule has 1 heterocycles. The van der Waals surface area contributed by atoms with Crippen LogP contribution in [0.1, 0.15) is 16.8 Å². The first-order valence-electron chi connectivity index (χ1n) is 7.43. The van der Waals surface area contributed by atoms with Crippen molar-refractivity contribution in [3.05, 3.63) is 52.0 Å². The van der Waals surface area contributed by atoms with Gasteiger partial charge < -0.3 is 15.5 Å². The van der Waals surface area contributed by atoms with Crippen molar-refractivity contribution in [3.63, 3.8) is 0 Å². The molecule has 7 nitrogen and oxygen atoms in total. The van der Waals surface area contributed by atoms with Crippen LogP contribution < -0.4 is 10.2 Å². The van der Waals surface area contributed by atoms with E-state index in [2.05, 4.69) is 5.32 Å². The molecule has 0 radical (unpaired) electrons. The summed E-state index contributed by atoms with van der Waals surface area (Å²) < 4.78 is 0. The lowest BCUT2D eigenvalue weighted by Crippen LogP contribution is -2.34. The van der Waals surface area contributed by atoms with E-state index < -0.39 is 29.6 Å². The molecule has 0 saturated carbocycles. The van der Waals surface area contributed by atoms with E-state index in [4.69, 9.17) is 28.3 Å². The van der Waals surface area contributed by atoms with Gasteiger partial charge >= 0.3 is 5.97 Å². The van der Waals surface area contributed by atoms with Crippen LogP contribution in [0, 0.1) is 0 Å². The maximum absolute atomic E-state index is 12.6. The first-order chi connectivity index (χ1) is 12.3. The maximum atomic E-state index is 12.6. The number of hydrogen-bond acceptors (Lipinski definition) is 5. The molecule has 1 fully saturated rings. The summed E-state index contributed by atoms with van der Waals surface area (Å²) in [7, 11) is 0. The highest BCUT2D eigenvalue weighted by atomic mass is 35.5. The summed E-state index contributed by atoms with van der Waals surface area (Å²) in [6.45, 7) is 0. The summed E-state index contributed by atoms with van der Waals surface area (Å²) in [6.07, 6.45) is -0.122. The Labute approximate surface area is 157 Å². The number of amides is 2. The Balaban J connectivity index is 1.86. The predicted molar refractivity (Wildman–Crippen MR) is 96.0 cm³/mol. The fourth-order valence-corrected chi connectivity index (χ4v) is 3.01. The van der Waals surface area contributed by atoms with Gasteiger partial charge in [0.1, 0.15) is 17.4 Å². The van der Waals surface area contributed by atoms with Crippen LogP contribution in [0.5, 0.6) is 5.75 Å². The Hall–Kier alpha value is -2.77. The molecule has 3 rings (SSSR count). The van der Waals surface area contributed by atoms with Gasteiger partial charge in [-0.05, 0) is 24.3 Å². The normalized spacial score (nSPS) is 16.8. The van der Waals surface area contributed by atoms with Crippen LogP contribution in [-0.4, -0.2) is 34.0 Å². The van der Waals surface area contributed by atoms with Gasteiger partial charge in [-0.1, -0.05) is 29.3 Å². The molecule has 26 heavy (non-hydrogen) atoms. The van der Waals surface area contributed by atoms with Gasteiger partial charge in [-0.15, -0.1) is 0 Å². The van der Waals surface area contributed by atoms with E-state index in [1.807, 2.05) is 0 Å². The van der Waals surface area contributed by atoms with E-state index in [1.165, 1.54) is 6.07 Å². The highest BCUT2D eigenvalue weighted by molar-refractivity contribution is 6.43. The van der Waals surface area contributed by atoms with Gasteiger partial charge in [-0.2, -0.15) is 0 Å². The van der Waals surface area contributed by atoms with Gasteiger partial charge in [0.2, 0.25) is 5.91 Å². The summed E-state index contributed by atoms with van der Waals surface area (Å²) in [5.41, 5.74) is 0.174. The molecule has 134 valence electrons. The first-order valence-corrected chi connectivity index (χ1v) is 8.19.